The number of carbonyl (C=O) groups excluding carboxylic acids is 2. The van der Waals surface area contributed by atoms with Crippen molar-refractivity contribution in [2.75, 3.05) is 41.3 Å². The molecule has 13 nitrogen and oxygen atoms in total. The third kappa shape index (κ3) is 7.19. The zero-order valence-electron chi connectivity index (χ0n) is 25.1. The highest BCUT2D eigenvalue weighted by Crippen LogP contribution is 2.36. The first kappa shape index (κ1) is 33.5. The quantitative estimate of drug-likeness (QED) is 0.0793. The third-order valence-electron chi connectivity index (χ3n) is 7.09. The van der Waals surface area contributed by atoms with E-state index in [1.54, 1.807) is 0 Å². The molecule has 0 saturated heterocycles. The lowest BCUT2D eigenvalue weighted by molar-refractivity contribution is 0.101. The summed E-state index contributed by atoms with van der Waals surface area (Å²) in [6.07, 6.45) is 0. The predicted molar refractivity (Wildman–Crippen MR) is 181 cm³/mol. The minimum absolute atomic E-state index is 0.00222. The van der Waals surface area contributed by atoms with Crippen molar-refractivity contribution < 1.29 is 45.4 Å². The van der Waals surface area contributed by atoms with E-state index in [4.69, 9.17) is 18.9 Å². The number of nitrogens with zero attached hydrogens (tertiary/aromatic N) is 1. The Morgan fingerprint density at radius 2 is 1.15 bits per heavy atom. The summed E-state index contributed by atoms with van der Waals surface area (Å²) in [4.78, 5) is 25.5. The zero-order valence-corrected chi connectivity index (χ0v) is 28.3. The fourth-order valence-corrected chi connectivity index (χ4v) is 8.93. The van der Waals surface area contributed by atoms with Crippen LogP contribution in [0.15, 0.2) is 94.7 Å². The number of ketones is 2. The molecule has 17 heteroatoms. The van der Waals surface area contributed by atoms with Crippen molar-refractivity contribution in [2.24, 2.45) is 0 Å². The Kier molecular flexibility index (Phi) is 9.75. The normalized spacial score (nSPS) is 13.3. The maximum absolute atomic E-state index is 13.3. The van der Waals surface area contributed by atoms with E-state index in [-0.39, 0.29) is 52.1 Å². The van der Waals surface area contributed by atoms with E-state index in [0.717, 1.165) is 4.41 Å². The van der Waals surface area contributed by atoms with Gasteiger partial charge in [-0.15, -0.1) is 0 Å². The molecule has 0 radical (unpaired) electrons. The number of anilines is 2. The van der Waals surface area contributed by atoms with E-state index in [9.17, 15) is 26.4 Å². The Hall–Kier alpha value is -4.42. The molecule has 2 aliphatic heterocycles. The van der Waals surface area contributed by atoms with Crippen molar-refractivity contribution in [3.63, 3.8) is 0 Å². The summed E-state index contributed by atoms with van der Waals surface area (Å²) in [7, 11) is -4.00. The molecule has 4 aromatic rings. The van der Waals surface area contributed by atoms with Gasteiger partial charge in [0.2, 0.25) is 13.6 Å². The van der Waals surface area contributed by atoms with Crippen molar-refractivity contribution in [1.29, 1.82) is 0 Å². The number of carbonyl (C=O) groups is 2. The highest BCUT2D eigenvalue weighted by molar-refractivity contribution is 8.77. The Labute approximate surface area is 284 Å². The molecule has 0 fully saturated rings. The number of rotatable bonds is 14. The Bertz CT molecular complexity index is 2070. The number of fused-ring (bicyclic) bond motifs is 2. The molecular formula is C31H27N3O10S4. The minimum Gasteiger partial charge on any atom is -0.454 e. The van der Waals surface area contributed by atoms with Gasteiger partial charge in [0.05, 0.1) is 27.0 Å². The Morgan fingerprint density at radius 1 is 0.667 bits per heavy atom. The second-order valence-corrected chi connectivity index (χ2v) is 16.1. The molecule has 0 aromatic heterocycles. The van der Waals surface area contributed by atoms with E-state index in [0.29, 0.717) is 39.8 Å². The number of Topliss-reactive ketones (excluding diaryl/α,β-unsaturated/α-hetero) is 2. The van der Waals surface area contributed by atoms with E-state index in [1.165, 1.54) is 114 Å². The number of hydrogen-bond acceptors (Lipinski definition) is 13. The van der Waals surface area contributed by atoms with Gasteiger partial charge < -0.3 is 18.9 Å². The van der Waals surface area contributed by atoms with Crippen LogP contribution in [-0.2, 0) is 20.0 Å². The van der Waals surface area contributed by atoms with Gasteiger partial charge >= 0.3 is 0 Å². The van der Waals surface area contributed by atoms with Crippen LogP contribution in [-0.4, -0.2) is 60.5 Å². The first-order chi connectivity index (χ1) is 23.0. The lowest BCUT2D eigenvalue weighted by Crippen LogP contribution is -2.40. The number of sulfonamides is 2. The average Bonchev–Trinajstić information content (AvgIpc) is 3.76. The number of nitrogens with one attached hydrogen (secondary N) is 2. The monoisotopic (exact) mass is 729 g/mol. The van der Waals surface area contributed by atoms with Crippen LogP contribution in [0, 0.1) is 0 Å². The van der Waals surface area contributed by atoms with Crippen LogP contribution in [0.25, 0.3) is 0 Å². The first-order valence-corrected chi connectivity index (χ1v) is 19.5. The highest BCUT2D eigenvalue weighted by atomic mass is 33.1. The van der Waals surface area contributed by atoms with Gasteiger partial charge in [-0.25, -0.2) is 13.8 Å². The van der Waals surface area contributed by atoms with Gasteiger partial charge in [0, 0.05) is 36.0 Å². The van der Waals surface area contributed by atoms with Crippen LogP contribution in [0.2, 0.25) is 0 Å². The van der Waals surface area contributed by atoms with Gasteiger partial charge in [0.25, 0.3) is 20.0 Å². The second-order valence-electron chi connectivity index (χ2n) is 10.1. The summed E-state index contributed by atoms with van der Waals surface area (Å²) < 4.78 is 76.7. The average molecular weight is 730 g/mol. The van der Waals surface area contributed by atoms with Gasteiger partial charge in [-0.05, 0) is 72.8 Å². The van der Waals surface area contributed by atoms with Gasteiger partial charge in [0.15, 0.2) is 34.6 Å². The van der Waals surface area contributed by atoms with E-state index >= 15 is 0 Å². The standard InChI is InChI=1S/C31H27N3O10S4/c1-32-34(48(39,40)25-11-13-29-31(15-25)44-19-42-29)23-8-4-21(5-9-23)27(36)17-46-45-16-26(35)20-2-6-22(7-3-20)33-47(37,38)24-10-12-28-30(14-24)43-18-41-28/h2-15,32-33H,16-19H2,1H3. The van der Waals surface area contributed by atoms with Crippen molar-refractivity contribution in [3.05, 3.63) is 96.1 Å². The van der Waals surface area contributed by atoms with Gasteiger partial charge in [0.1, 0.15) is 0 Å². The largest absolute Gasteiger partial charge is 0.454 e. The summed E-state index contributed by atoms with van der Waals surface area (Å²) in [6.45, 7) is 0.0461. The van der Waals surface area contributed by atoms with Crippen molar-refractivity contribution >= 4 is 64.6 Å². The van der Waals surface area contributed by atoms with Crippen LogP contribution in [0.3, 0.4) is 0 Å². The molecule has 2 N–H and O–H groups in total. The molecule has 0 bridgehead atoms. The summed E-state index contributed by atoms with van der Waals surface area (Å²) in [5.41, 5.74) is 4.03. The van der Waals surface area contributed by atoms with Crippen molar-refractivity contribution in [3.8, 4) is 23.0 Å². The summed E-state index contributed by atoms with van der Waals surface area (Å²) in [5, 5.41) is 0. The molecule has 0 aliphatic carbocycles. The molecule has 6 rings (SSSR count). The Balaban J connectivity index is 0.982. The fourth-order valence-electron chi connectivity index (χ4n) is 4.65. The number of hydrazine groups is 1. The highest BCUT2D eigenvalue weighted by Gasteiger charge is 2.27. The SMILES string of the molecule is CNN(c1ccc(C(=O)CSSCC(=O)c2ccc(NS(=O)(=O)c3ccc4c(c3)OCO4)cc2)cc1)S(=O)(=O)c1ccc2c(c1)OCO2. The topological polar surface area (TPSA) is 167 Å². The number of hydrogen-bond donors (Lipinski definition) is 2. The summed E-state index contributed by atoms with van der Waals surface area (Å²) in [5.74, 6) is 1.41. The summed E-state index contributed by atoms with van der Waals surface area (Å²) >= 11 is 0. The van der Waals surface area contributed by atoms with Gasteiger partial charge in [-0.1, -0.05) is 21.6 Å². The molecule has 250 valence electrons. The molecule has 4 aromatic carbocycles. The number of ether oxygens (including phenoxy) is 4. The predicted octanol–water partition coefficient (Wildman–Crippen LogP) is 4.72. The Morgan fingerprint density at radius 3 is 1.69 bits per heavy atom. The molecule has 0 saturated carbocycles. The zero-order chi connectivity index (χ0) is 33.9. The molecular weight excluding hydrogens is 703 g/mol. The lowest BCUT2D eigenvalue weighted by atomic mass is 10.1. The molecule has 0 spiro atoms. The molecule has 0 unspecified atom stereocenters. The van der Waals surface area contributed by atoms with Gasteiger partial charge in [-0.3, -0.25) is 14.3 Å². The smallest absolute Gasteiger partial charge is 0.277 e. The van der Waals surface area contributed by atoms with E-state index < -0.39 is 20.0 Å². The van der Waals surface area contributed by atoms with Gasteiger partial charge in [-0.2, -0.15) is 12.8 Å². The molecule has 0 atom stereocenters. The van der Waals surface area contributed by atoms with Crippen molar-refractivity contribution in [1.82, 2.24) is 5.43 Å². The maximum atomic E-state index is 13.3. The van der Waals surface area contributed by atoms with Crippen molar-refractivity contribution in [2.45, 2.75) is 9.79 Å². The van der Waals surface area contributed by atoms with E-state index in [1.807, 2.05) is 0 Å². The molecule has 0 amide bonds. The molecule has 48 heavy (non-hydrogen) atoms. The minimum atomic E-state index is -4.01. The molecule has 2 aliphatic rings. The molecule has 2 heterocycles. The third-order valence-corrected chi connectivity index (χ3v) is 12.3. The van der Waals surface area contributed by atoms with Crippen LogP contribution in [0.1, 0.15) is 20.7 Å². The first-order valence-electron chi connectivity index (χ1n) is 14.1. The van der Waals surface area contributed by atoms with Crippen LogP contribution in [0.5, 0.6) is 23.0 Å². The maximum Gasteiger partial charge on any atom is 0.277 e. The fraction of sp³-hybridized carbons (Fsp3) is 0.161. The lowest BCUT2D eigenvalue weighted by Gasteiger charge is -2.23. The van der Waals surface area contributed by atoms with Crippen LogP contribution < -0.4 is 33.5 Å². The van der Waals surface area contributed by atoms with E-state index in [2.05, 4.69) is 10.1 Å². The number of benzene rings is 4. The van der Waals surface area contributed by atoms with Crippen LogP contribution in [0.4, 0.5) is 11.4 Å². The van der Waals surface area contributed by atoms with Crippen LogP contribution >= 0.6 is 21.6 Å². The summed E-state index contributed by atoms with van der Waals surface area (Å²) in [6, 6.07) is 20.8. The second kappa shape index (κ2) is 14.0.